The van der Waals surface area contributed by atoms with Gasteiger partial charge in [0.1, 0.15) is 0 Å². The van der Waals surface area contributed by atoms with Gasteiger partial charge in [0.15, 0.2) is 5.75 Å². The van der Waals surface area contributed by atoms with Crippen molar-refractivity contribution in [3.8, 4) is 17.0 Å². The van der Waals surface area contributed by atoms with Gasteiger partial charge in [-0.2, -0.15) is 0 Å². The molecule has 3 rings (SSSR count). The summed E-state index contributed by atoms with van der Waals surface area (Å²) in [5, 5.41) is 12.4. The van der Waals surface area contributed by atoms with Gasteiger partial charge in [-0.05, 0) is 17.0 Å². The van der Waals surface area contributed by atoms with Crippen molar-refractivity contribution in [2.75, 3.05) is 0 Å². The standard InChI is InChI=1S/C13H9NO2S/c15-11-12-9(6-7-17-12)10(14-13(11)16)8-4-2-1-3-5-8/h1-7,15H,(H,14,16). The second kappa shape index (κ2) is 3.75. The Morgan fingerprint density at radius 2 is 1.88 bits per heavy atom. The lowest BCUT2D eigenvalue weighted by Gasteiger charge is -2.04. The molecular formula is C13H9NO2S. The van der Waals surface area contributed by atoms with E-state index in [1.165, 1.54) is 11.3 Å². The van der Waals surface area contributed by atoms with E-state index in [9.17, 15) is 9.90 Å². The average Bonchev–Trinajstić information content (AvgIpc) is 2.84. The molecule has 3 aromatic rings. The van der Waals surface area contributed by atoms with Gasteiger partial charge in [-0.1, -0.05) is 30.3 Å². The third kappa shape index (κ3) is 1.54. The van der Waals surface area contributed by atoms with Crippen LogP contribution in [0.3, 0.4) is 0 Å². The number of fused-ring (bicyclic) bond motifs is 1. The number of benzene rings is 1. The van der Waals surface area contributed by atoms with Crippen molar-refractivity contribution in [1.82, 2.24) is 4.98 Å². The molecule has 0 bridgehead atoms. The van der Waals surface area contributed by atoms with Crippen LogP contribution >= 0.6 is 11.3 Å². The van der Waals surface area contributed by atoms with Gasteiger partial charge >= 0.3 is 0 Å². The highest BCUT2D eigenvalue weighted by molar-refractivity contribution is 7.17. The number of aromatic nitrogens is 1. The second-order valence-corrected chi connectivity index (χ2v) is 4.62. The highest BCUT2D eigenvalue weighted by atomic mass is 32.1. The summed E-state index contributed by atoms with van der Waals surface area (Å²) in [6, 6.07) is 11.5. The Morgan fingerprint density at radius 1 is 1.12 bits per heavy atom. The van der Waals surface area contributed by atoms with Crippen molar-refractivity contribution >= 4 is 21.4 Å². The van der Waals surface area contributed by atoms with Gasteiger partial charge in [-0.25, -0.2) is 0 Å². The Kier molecular flexibility index (Phi) is 2.23. The Bertz CT molecular complexity index is 728. The molecule has 0 aliphatic carbocycles. The minimum absolute atomic E-state index is 0.199. The van der Waals surface area contributed by atoms with E-state index >= 15 is 0 Å². The molecule has 2 aromatic heterocycles. The fourth-order valence-corrected chi connectivity index (χ4v) is 2.71. The molecule has 0 atom stereocenters. The monoisotopic (exact) mass is 243 g/mol. The van der Waals surface area contributed by atoms with E-state index in [0.29, 0.717) is 4.70 Å². The Hall–Kier alpha value is -2.07. The van der Waals surface area contributed by atoms with Gasteiger partial charge in [0.2, 0.25) is 0 Å². The van der Waals surface area contributed by atoms with Crippen molar-refractivity contribution in [3.05, 3.63) is 52.1 Å². The third-order valence-electron chi connectivity index (χ3n) is 2.67. The first kappa shape index (κ1) is 10.1. The average molecular weight is 243 g/mol. The molecule has 3 nitrogen and oxygen atoms in total. The first-order chi connectivity index (χ1) is 8.27. The smallest absolute Gasteiger partial charge is 0.292 e. The van der Waals surface area contributed by atoms with E-state index in [-0.39, 0.29) is 5.75 Å². The van der Waals surface area contributed by atoms with Crippen LogP contribution in [0.15, 0.2) is 46.6 Å². The van der Waals surface area contributed by atoms with Gasteiger partial charge in [0.05, 0.1) is 10.4 Å². The van der Waals surface area contributed by atoms with Crippen LogP contribution in [0.2, 0.25) is 0 Å². The molecule has 1 aromatic carbocycles. The molecule has 0 fully saturated rings. The van der Waals surface area contributed by atoms with Gasteiger partial charge < -0.3 is 10.1 Å². The van der Waals surface area contributed by atoms with E-state index in [1.807, 2.05) is 41.8 Å². The lowest BCUT2D eigenvalue weighted by Crippen LogP contribution is -2.06. The van der Waals surface area contributed by atoms with Crippen LogP contribution in [0.25, 0.3) is 21.3 Å². The quantitative estimate of drug-likeness (QED) is 0.690. The van der Waals surface area contributed by atoms with Crippen molar-refractivity contribution in [2.45, 2.75) is 0 Å². The Morgan fingerprint density at radius 3 is 2.65 bits per heavy atom. The number of thiophene rings is 1. The Balaban J connectivity index is 2.42. The summed E-state index contributed by atoms with van der Waals surface area (Å²) in [5.41, 5.74) is 1.25. The largest absolute Gasteiger partial charge is 0.502 e. The van der Waals surface area contributed by atoms with Crippen LogP contribution < -0.4 is 5.56 Å². The lowest BCUT2D eigenvalue weighted by molar-refractivity contribution is 0.474. The number of aromatic hydroxyl groups is 1. The van der Waals surface area contributed by atoms with Crippen LogP contribution in [-0.2, 0) is 0 Å². The molecule has 2 heterocycles. The number of hydrogen-bond donors (Lipinski definition) is 2. The summed E-state index contributed by atoms with van der Waals surface area (Å²) in [4.78, 5) is 14.3. The highest BCUT2D eigenvalue weighted by Gasteiger charge is 2.11. The number of pyridine rings is 1. The van der Waals surface area contributed by atoms with Gasteiger partial charge in [-0.3, -0.25) is 4.79 Å². The van der Waals surface area contributed by atoms with E-state index in [2.05, 4.69) is 4.98 Å². The summed E-state index contributed by atoms with van der Waals surface area (Å²) < 4.78 is 0.632. The molecule has 0 saturated heterocycles. The lowest BCUT2D eigenvalue weighted by atomic mass is 10.1. The van der Waals surface area contributed by atoms with Crippen molar-refractivity contribution in [3.63, 3.8) is 0 Å². The Labute approximate surface area is 101 Å². The molecule has 84 valence electrons. The van der Waals surface area contributed by atoms with Gasteiger partial charge in [0.25, 0.3) is 5.56 Å². The molecule has 0 aliphatic heterocycles. The summed E-state index contributed by atoms with van der Waals surface area (Å²) in [6.07, 6.45) is 0. The van der Waals surface area contributed by atoms with E-state index in [1.54, 1.807) is 0 Å². The maximum Gasteiger partial charge on any atom is 0.292 e. The predicted molar refractivity (Wildman–Crippen MR) is 69.5 cm³/mol. The zero-order valence-electron chi connectivity index (χ0n) is 8.81. The molecule has 0 aliphatic rings. The number of rotatable bonds is 1. The van der Waals surface area contributed by atoms with E-state index in [0.717, 1.165) is 16.6 Å². The fraction of sp³-hybridized carbons (Fsp3) is 0. The minimum Gasteiger partial charge on any atom is -0.502 e. The molecule has 0 saturated carbocycles. The molecule has 17 heavy (non-hydrogen) atoms. The second-order valence-electron chi connectivity index (χ2n) is 3.71. The molecular weight excluding hydrogens is 234 g/mol. The first-order valence-electron chi connectivity index (χ1n) is 5.15. The topological polar surface area (TPSA) is 53.1 Å². The van der Waals surface area contributed by atoms with Crippen molar-refractivity contribution in [2.24, 2.45) is 0 Å². The van der Waals surface area contributed by atoms with Crippen LogP contribution in [0, 0.1) is 0 Å². The van der Waals surface area contributed by atoms with Crippen LogP contribution in [-0.4, -0.2) is 10.1 Å². The predicted octanol–water partition coefficient (Wildman–Crippen LogP) is 2.96. The number of aromatic amines is 1. The normalized spacial score (nSPS) is 10.8. The van der Waals surface area contributed by atoms with Gasteiger partial charge in [0, 0.05) is 5.39 Å². The van der Waals surface area contributed by atoms with Crippen LogP contribution in [0.4, 0.5) is 0 Å². The van der Waals surface area contributed by atoms with Gasteiger partial charge in [-0.15, -0.1) is 11.3 Å². The molecule has 0 radical (unpaired) electrons. The fourth-order valence-electron chi connectivity index (χ4n) is 1.87. The van der Waals surface area contributed by atoms with Crippen molar-refractivity contribution < 1.29 is 5.11 Å². The summed E-state index contributed by atoms with van der Waals surface area (Å²) in [5.74, 6) is -0.199. The zero-order valence-corrected chi connectivity index (χ0v) is 9.62. The number of nitrogens with one attached hydrogen (secondary N) is 1. The maximum absolute atomic E-state index is 11.6. The maximum atomic E-state index is 11.6. The molecule has 0 unspecified atom stereocenters. The third-order valence-corrected chi connectivity index (χ3v) is 3.59. The van der Waals surface area contributed by atoms with Crippen LogP contribution in [0.1, 0.15) is 0 Å². The molecule has 2 N–H and O–H groups in total. The summed E-state index contributed by atoms with van der Waals surface area (Å²) in [6.45, 7) is 0. The summed E-state index contributed by atoms with van der Waals surface area (Å²) in [7, 11) is 0. The molecule has 4 heteroatoms. The van der Waals surface area contributed by atoms with Crippen molar-refractivity contribution in [1.29, 1.82) is 0 Å². The zero-order chi connectivity index (χ0) is 11.8. The summed E-state index contributed by atoms with van der Waals surface area (Å²) >= 11 is 1.37. The van der Waals surface area contributed by atoms with E-state index in [4.69, 9.17) is 0 Å². The number of hydrogen-bond acceptors (Lipinski definition) is 3. The molecule has 0 amide bonds. The SMILES string of the molecule is O=c1[nH]c(-c2ccccc2)c2ccsc2c1O. The number of H-pyrrole nitrogens is 1. The van der Waals surface area contributed by atoms with E-state index < -0.39 is 5.56 Å². The molecule has 0 spiro atoms. The first-order valence-corrected chi connectivity index (χ1v) is 6.03. The highest BCUT2D eigenvalue weighted by Crippen LogP contribution is 2.33. The minimum atomic E-state index is -0.446. The van der Waals surface area contributed by atoms with Crippen LogP contribution in [0.5, 0.6) is 5.75 Å².